The normalized spacial score (nSPS) is 30.9. The van der Waals surface area contributed by atoms with E-state index in [9.17, 15) is 0 Å². The predicted molar refractivity (Wildman–Crippen MR) is 55.3 cm³/mol. The minimum atomic E-state index is 0.493. The molecule has 2 heterocycles. The number of aromatic nitrogens is 2. The zero-order valence-electron chi connectivity index (χ0n) is 8.64. The first-order valence-electron chi connectivity index (χ1n) is 5.66. The Labute approximate surface area is 84.3 Å². The van der Waals surface area contributed by atoms with Gasteiger partial charge in [-0.25, -0.2) is 4.98 Å². The molecule has 0 amide bonds. The summed E-state index contributed by atoms with van der Waals surface area (Å²) in [4.78, 5) is 8.23. The molecule has 3 nitrogen and oxygen atoms in total. The van der Waals surface area contributed by atoms with E-state index in [1.807, 2.05) is 0 Å². The van der Waals surface area contributed by atoms with Gasteiger partial charge in [-0.3, -0.25) is 0 Å². The van der Waals surface area contributed by atoms with E-state index in [-0.39, 0.29) is 0 Å². The van der Waals surface area contributed by atoms with Gasteiger partial charge < -0.3 is 10.3 Å². The summed E-state index contributed by atoms with van der Waals surface area (Å²) in [7, 11) is 0. The first kappa shape index (κ1) is 8.48. The van der Waals surface area contributed by atoms with Gasteiger partial charge in [0.1, 0.15) is 5.82 Å². The average molecular weight is 191 g/mol. The molecular weight excluding hydrogens is 174 g/mol. The molecule has 2 N–H and O–H groups in total. The Morgan fingerprint density at radius 1 is 1.36 bits per heavy atom. The number of imidazole rings is 1. The lowest BCUT2D eigenvalue weighted by Crippen LogP contribution is -2.14. The first-order valence-corrected chi connectivity index (χ1v) is 5.66. The Morgan fingerprint density at radius 3 is 3.00 bits per heavy atom. The van der Waals surface area contributed by atoms with Crippen LogP contribution < -0.4 is 5.32 Å². The van der Waals surface area contributed by atoms with Crippen LogP contribution in [0.3, 0.4) is 0 Å². The molecule has 2 aliphatic rings. The molecule has 76 valence electrons. The minimum Gasteiger partial charge on any atom is -0.344 e. The van der Waals surface area contributed by atoms with E-state index < -0.39 is 0 Å². The van der Waals surface area contributed by atoms with Crippen LogP contribution >= 0.6 is 0 Å². The van der Waals surface area contributed by atoms with E-state index in [1.165, 1.54) is 42.9 Å². The van der Waals surface area contributed by atoms with Crippen molar-refractivity contribution in [1.29, 1.82) is 0 Å². The zero-order valence-corrected chi connectivity index (χ0v) is 8.64. The van der Waals surface area contributed by atoms with Crippen LogP contribution in [0.25, 0.3) is 0 Å². The second kappa shape index (κ2) is 3.09. The number of H-pyrrole nitrogens is 1. The fraction of sp³-hybridized carbons (Fsp3) is 0.727. The molecule has 14 heavy (non-hydrogen) atoms. The maximum Gasteiger partial charge on any atom is 0.123 e. The Balaban J connectivity index is 1.90. The van der Waals surface area contributed by atoms with Gasteiger partial charge in [0.2, 0.25) is 0 Å². The molecule has 0 aromatic carbocycles. The zero-order chi connectivity index (χ0) is 9.54. The number of nitrogens with zero attached hydrogens (tertiary/aromatic N) is 1. The monoisotopic (exact) mass is 191 g/mol. The van der Waals surface area contributed by atoms with Crippen LogP contribution in [0.1, 0.15) is 55.4 Å². The number of rotatable bonds is 1. The molecule has 1 aliphatic carbocycles. The Bertz CT molecular complexity index is 336. The Hall–Kier alpha value is -0.830. The van der Waals surface area contributed by atoms with Gasteiger partial charge in [0.05, 0.1) is 11.7 Å². The SMILES string of the molecule is CC1CCc2[nH]c([C@@H]3CCCN3)nc21. The summed E-state index contributed by atoms with van der Waals surface area (Å²) in [6, 6.07) is 0.493. The number of hydrogen-bond acceptors (Lipinski definition) is 2. The molecule has 1 unspecified atom stereocenters. The van der Waals surface area contributed by atoms with E-state index in [1.54, 1.807) is 0 Å². The molecule has 0 bridgehead atoms. The van der Waals surface area contributed by atoms with Gasteiger partial charge in [-0.1, -0.05) is 6.92 Å². The van der Waals surface area contributed by atoms with Crippen molar-refractivity contribution in [1.82, 2.24) is 15.3 Å². The molecule has 1 aromatic heterocycles. The van der Waals surface area contributed by atoms with Crippen LogP contribution in [0, 0.1) is 0 Å². The van der Waals surface area contributed by atoms with Crippen LogP contribution in [0.4, 0.5) is 0 Å². The van der Waals surface area contributed by atoms with Gasteiger partial charge in [-0.2, -0.15) is 0 Å². The van der Waals surface area contributed by atoms with E-state index in [2.05, 4.69) is 17.2 Å². The van der Waals surface area contributed by atoms with Crippen LogP contribution in [0.5, 0.6) is 0 Å². The number of fused-ring (bicyclic) bond motifs is 1. The van der Waals surface area contributed by atoms with Crippen molar-refractivity contribution in [2.75, 3.05) is 6.54 Å². The number of nitrogens with one attached hydrogen (secondary N) is 2. The minimum absolute atomic E-state index is 0.493. The van der Waals surface area contributed by atoms with Crippen molar-refractivity contribution < 1.29 is 0 Å². The average Bonchev–Trinajstić information content (AvgIpc) is 2.83. The van der Waals surface area contributed by atoms with Gasteiger partial charge in [-0.15, -0.1) is 0 Å². The molecule has 0 spiro atoms. The second-order valence-corrected chi connectivity index (χ2v) is 4.57. The largest absolute Gasteiger partial charge is 0.344 e. The van der Waals surface area contributed by atoms with Crippen LogP contribution in [0.2, 0.25) is 0 Å². The fourth-order valence-electron chi connectivity index (χ4n) is 2.62. The molecule has 1 saturated heterocycles. The van der Waals surface area contributed by atoms with Crippen molar-refractivity contribution in [2.45, 2.75) is 44.6 Å². The van der Waals surface area contributed by atoms with Gasteiger partial charge in [0.15, 0.2) is 0 Å². The maximum atomic E-state index is 4.74. The highest BCUT2D eigenvalue weighted by molar-refractivity contribution is 5.25. The molecular formula is C11H17N3. The third-order valence-electron chi connectivity index (χ3n) is 3.51. The van der Waals surface area contributed by atoms with E-state index in [4.69, 9.17) is 4.98 Å². The predicted octanol–water partition coefficient (Wildman–Crippen LogP) is 1.88. The second-order valence-electron chi connectivity index (χ2n) is 4.57. The van der Waals surface area contributed by atoms with E-state index >= 15 is 0 Å². The van der Waals surface area contributed by atoms with Crippen molar-refractivity contribution >= 4 is 0 Å². The molecule has 3 rings (SSSR count). The molecule has 1 fully saturated rings. The summed E-state index contributed by atoms with van der Waals surface area (Å²) in [6.45, 7) is 3.42. The van der Waals surface area contributed by atoms with Crippen molar-refractivity contribution in [3.8, 4) is 0 Å². The van der Waals surface area contributed by atoms with Gasteiger partial charge >= 0.3 is 0 Å². The Kier molecular flexibility index (Phi) is 1.87. The lowest BCUT2D eigenvalue weighted by molar-refractivity contribution is 0.601. The summed E-state index contributed by atoms with van der Waals surface area (Å²) in [6.07, 6.45) is 4.98. The summed E-state index contributed by atoms with van der Waals surface area (Å²) in [5, 5.41) is 3.48. The molecule has 2 atom stereocenters. The summed E-state index contributed by atoms with van der Waals surface area (Å²) in [5.74, 6) is 1.84. The number of aromatic amines is 1. The van der Waals surface area contributed by atoms with Crippen LogP contribution in [-0.2, 0) is 6.42 Å². The smallest absolute Gasteiger partial charge is 0.123 e. The standard InChI is InChI=1S/C11H17N3/c1-7-4-5-8-10(7)14-11(13-8)9-3-2-6-12-9/h7,9,12H,2-6H2,1H3,(H,13,14)/t7?,9-/m0/s1. The van der Waals surface area contributed by atoms with Crippen molar-refractivity contribution in [2.24, 2.45) is 0 Å². The summed E-state index contributed by atoms with van der Waals surface area (Å²) < 4.78 is 0. The van der Waals surface area contributed by atoms with Gasteiger partial charge in [0.25, 0.3) is 0 Å². The summed E-state index contributed by atoms with van der Waals surface area (Å²) >= 11 is 0. The summed E-state index contributed by atoms with van der Waals surface area (Å²) in [5.41, 5.74) is 2.72. The topological polar surface area (TPSA) is 40.7 Å². The lowest BCUT2D eigenvalue weighted by atomic mass is 10.1. The van der Waals surface area contributed by atoms with Gasteiger partial charge in [0, 0.05) is 11.6 Å². The number of aryl methyl sites for hydroxylation is 1. The van der Waals surface area contributed by atoms with Gasteiger partial charge in [-0.05, 0) is 32.2 Å². The molecule has 0 saturated carbocycles. The first-order chi connectivity index (χ1) is 6.84. The molecule has 1 aliphatic heterocycles. The van der Waals surface area contributed by atoms with E-state index in [0.717, 1.165) is 6.54 Å². The lowest BCUT2D eigenvalue weighted by Gasteiger charge is -2.06. The number of hydrogen-bond donors (Lipinski definition) is 2. The molecule has 1 aromatic rings. The van der Waals surface area contributed by atoms with Crippen molar-refractivity contribution in [3.05, 3.63) is 17.2 Å². The quantitative estimate of drug-likeness (QED) is 0.711. The highest BCUT2D eigenvalue weighted by Gasteiger charge is 2.26. The maximum absolute atomic E-state index is 4.74. The molecule has 3 heteroatoms. The Morgan fingerprint density at radius 2 is 2.29 bits per heavy atom. The molecule has 0 radical (unpaired) electrons. The fourth-order valence-corrected chi connectivity index (χ4v) is 2.62. The van der Waals surface area contributed by atoms with Crippen molar-refractivity contribution in [3.63, 3.8) is 0 Å². The highest BCUT2D eigenvalue weighted by Crippen LogP contribution is 2.32. The van der Waals surface area contributed by atoms with Crippen LogP contribution in [-0.4, -0.2) is 16.5 Å². The van der Waals surface area contributed by atoms with E-state index in [0.29, 0.717) is 12.0 Å². The highest BCUT2D eigenvalue weighted by atomic mass is 15.0. The third-order valence-corrected chi connectivity index (χ3v) is 3.51. The third kappa shape index (κ3) is 1.19. The van der Waals surface area contributed by atoms with Crippen LogP contribution in [0.15, 0.2) is 0 Å².